The molecule has 0 atom stereocenters. The van der Waals surface area contributed by atoms with Gasteiger partial charge in [-0.25, -0.2) is 4.39 Å². The summed E-state index contributed by atoms with van der Waals surface area (Å²) in [6, 6.07) is 5.36. The standard InChI is InChI=1S/C13H13ClFN3O/c1-2-18-7-8(14)5-12(18)13(19)17-11-6-9(15)3-4-10(11)16/h3-7H,2,16H2,1H3,(H,17,19). The topological polar surface area (TPSA) is 60.0 Å². The molecule has 0 unspecified atom stereocenters. The smallest absolute Gasteiger partial charge is 0.272 e. The molecule has 1 aromatic heterocycles. The number of hydrogen-bond acceptors (Lipinski definition) is 2. The first-order valence-electron chi connectivity index (χ1n) is 5.73. The summed E-state index contributed by atoms with van der Waals surface area (Å²) in [6.07, 6.45) is 1.66. The molecule has 1 heterocycles. The van der Waals surface area contributed by atoms with Crippen LogP contribution in [0.25, 0.3) is 0 Å². The molecule has 0 aliphatic heterocycles. The predicted molar refractivity (Wildman–Crippen MR) is 73.9 cm³/mol. The summed E-state index contributed by atoms with van der Waals surface area (Å²) in [6.45, 7) is 2.50. The quantitative estimate of drug-likeness (QED) is 0.849. The second-order valence-electron chi connectivity index (χ2n) is 4.02. The van der Waals surface area contributed by atoms with Crippen molar-refractivity contribution in [2.45, 2.75) is 13.5 Å². The van der Waals surface area contributed by atoms with Gasteiger partial charge in [0.15, 0.2) is 0 Å². The van der Waals surface area contributed by atoms with Gasteiger partial charge in [0, 0.05) is 12.7 Å². The van der Waals surface area contributed by atoms with Gasteiger partial charge in [-0.05, 0) is 31.2 Å². The summed E-state index contributed by atoms with van der Waals surface area (Å²) in [5, 5.41) is 3.04. The Kier molecular flexibility index (Phi) is 3.76. The molecule has 100 valence electrons. The van der Waals surface area contributed by atoms with Crippen molar-refractivity contribution in [2.24, 2.45) is 0 Å². The van der Waals surface area contributed by atoms with Crippen LogP contribution in [0.3, 0.4) is 0 Å². The fourth-order valence-electron chi connectivity index (χ4n) is 1.75. The third-order valence-corrected chi connectivity index (χ3v) is 2.91. The van der Waals surface area contributed by atoms with Crippen LogP contribution in [0.4, 0.5) is 15.8 Å². The van der Waals surface area contributed by atoms with Crippen molar-refractivity contribution < 1.29 is 9.18 Å². The van der Waals surface area contributed by atoms with Gasteiger partial charge in [-0.1, -0.05) is 11.6 Å². The average molecular weight is 282 g/mol. The van der Waals surface area contributed by atoms with Gasteiger partial charge in [0.1, 0.15) is 11.5 Å². The van der Waals surface area contributed by atoms with E-state index in [0.29, 0.717) is 22.9 Å². The van der Waals surface area contributed by atoms with E-state index in [1.165, 1.54) is 18.2 Å². The molecule has 0 saturated heterocycles. The SMILES string of the molecule is CCn1cc(Cl)cc1C(=O)Nc1cc(F)ccc1N. The number of carbonyl (C=O) groups excluding carboxylic acids is 1. The maximum Gasteiger partial charge on any atom is 0.272 e. The van der Waals surface area contributed by atoms with Crippen molar-refractivity contribution in [1.29, 1.82) is 0 Å². The molecule has 1 amide bonds. The van der Waals surface area contributed by atoms with Crippen LogP contribution in [-0.2, 0) is 6.54 Å². The van der Waals surface area contributed by atoms with Crippen molar-refractivity contribution >= 4 is 28.9 Å². The lowest BCUT2D eigenvalue weighted by Gasteiger charge is -2.09. The van der Waals surface area contributed by atoms with Gasteiger partial charge in [0.25, 0.3) is 5.91 Å². The maximum atomic E-state index is 13.1. The van der Waals surface area contributed by atoms with Crippen LogP contribution in [0.15, 0.2) is 30.5 Å². The Balaban J connectivity index is 2.27. The van der Waals surface area contributed by atoms with Crippen LogP contribution in [0.2, 0.25) is 5.02 Å². The molecular weight excluding hydrogens is 269 g/mol. The molecule has 3 N–H and O–H groups in total. The van der Waals surface area contributed by atoms with Crippen LogP contribution < -0.4 is 11.1 Å². The van der Waals surface area contributed by atoms with E-state index < -0.39 is 5.82 Å². The molecule has 19 heavy (non-hydrogen) atoms. The Morgan fingerprint density at radius 2 is 2.21 bits per heavy atom. The first kappa shape index (κ1) is 13.4. The molecule has 0 spiro atoms. The Morgan fingerprint density at radius 3 is 2.89 bits per heavy atom. The van der Waals surface area contributed by atoms with Gasteiger partial charge < -0.3 is 15.6 Å². The number of nitrogens with one attached hydrogen (secondary N) is 1. The maximum absolute atomic E-state index is 13.1. The van der Waals surface area contributed by atoms with Crippen molar-refractivity contribution in [2.75, 3.05) is 11.1 Å². The number of nitrogens with two attached hydrogens (primary N) is 1. The van der Waals surface area contributed by atoms with Gasteiger partial charge >= 0.3 is 0 Å². The van der Waals surface area contributed by atoms with E-state index in [0.717, 1.165) is 0 Å². The van der Waals surface area contributed by atoms with Crippen LogP contribution in [-0.4, -0.2) is 10.5 Å². The van der Waals surface area contributed by atoms with E-state index >= 15 is 0 Å². The first-order chi connectivity index (χ1) is 9.01. The molecule has 6 heteroatoms. The minimum absolute atomic E-state index is 0.241. The van der Waals surface area contributed by atoms with Crippen LogP contribution in [0.1, 0.15) is 17.4 Å². The molecule has 0 bridgehead atoms. The van der Waals surface area contributed by atoms with E-state index in [2.05, 4.69) is 5.32 Å². The third kappa shape index (κ3) is 2.88. The van der Waals surface area contributed by atoms with E-state index in [1.54, 1.807) is 16.8 Å². The molecule has 1 aromatic carbocycles. The van der Waals surface area contributed by atoms with Crippen molar-refractivity contribution in [3.63, 3.8) is 0 Å². The zero-order valence-electron chi connectivity index (χ0n) is 10.3. The zero-order valence-corrected chi connectivity index (χ0v) is 11.0. The summed E-state index contributed by atoms with van der Waals surface area (Å²) in [4.78, 5) is 12.1. The number of rotatable bonds is 3. The van der Waals surface area contributed by atoms with Crippen molar-refractivity contribution in [1.82, 2.24) is 4.57 Å². The normalized spacial score (nSPS) is 10.5. The number of hydrogen-bond donors (Lipinski definition) is 2. The van der Waals surface area contributed by atoms with E-state index in [-0.39, 0.29) is 11.6 Å². The van der Waals surface area contributed by atoms with Crippen LogP contribution in [0, 0.1) is 5.82 Å². The lowest BCUT2D eigenvalue weighted by atomic mass is 10.2. The van der Waals surface area contributed by atoms with Gasteiger partial charge in [0.2, 0.25) is 0 Å². The molecule has 0 aliphatic carbocycles. The van der Waals surface area contributed by atoms with E-state index in [1.807, 2.05) is 6.92 Å². The highest BCUT2D eigenvalue weighted by Gasteiger charge is 2.14. The number of halogens is 2. The average Bonchev–Trinajstić information content (AvgIpc) is 2.75. The molecule has 0 aliphatic rings. The first-order valence-corrected chi connectivity index (χ1v) is 6.11. The van der Waals surface area contributed by atoms with Crippen LogP contribution >= 0.6 is 11.6 Å². The number of aromatic nitrogens is 1. The largest absolute Gasteiger partial charge is 0.397 e. The minimum Gasteiger partial charge on any atom is -0.397 e. The number of benzene rings is 1. The van der Waals surface area contributed by atoms with Gasteiger partial charge in [-0.3, -0.25) is 4.79 Å². The highest BCUT2D eigenvalue weighted by Crippen LogP contribution is 2.21. The van der Waals surface area contributed by atoms with Crippen molar-refractivity contribution in [3.8, 4) is 0 Å². The van der Waals surface area contributed by atoms with E-state index in [4.69, 9.17) is 17.3 Å². The number of amides is 1. The number of nitrogen functional groups attached to an aromatic ring is 1. The van der Waals surface area contributed by atoms with Gasteiger partial charge in [-0.2, -0.15) is 0 Å². The lowest BCUT2D eigenvalue weighted by Crippen LogP contribution is -2.17. The second-order valence-corrected chi connectivity index (χ2v) is 4.45. The molecule has 2 aromatic rings. The Bertz CT molecular complexity index is 624. The lowest BCUT2D eigenvalue weighted by molar-refractivity contribution is 0.101. The van der Waals surface area contributed by atoms with Gasteiger partial charge in [0.05, 0.1) is 16.4 Å². The highest BCUT2D eigenvalue weighted by molar-refractivity contribution is 6.31. The van der Waals surface area contributed by atoms with Crippen LogP contribution in [0.5, 0.6) is 0 Å². The number of aryl methyl sites for hydroxylation is 1. The third-order valence-electron chi connectivity index (χ3n) is 2.70. The Morgan fingerprint density at radius 1 is 1.47 bits per heavy atom. The molecular formula is C13H13ClFN3O. The second kappa shape index (κ2) is 5.32. The molecule has 0 saturated carbocycles. The fraction of sp³-hybridized carbons (Fsp3) is 0.154. The molecule has 0 radical (unpaired) electrons. The number of carbonyl (C=O) groups is 1. The Labute approximate surface area is 115 Å². The number of anilines is 2. The number of nitrogens with zero attached hydrogens (tertiary/aromatic N) is 1. The van der Waals surface area contributed by atoms with Crippen molar-refractivity contribution in [3.05, 3.63) is 47.0 Å². The minimum atomic E-state index is -0.464. The summed E-state index contributed by atoms with van der Waals surface area (Å²) in [7, 11) is 0. The summed E-state index contributed by atoms with van der Waals surface area (Å²) < 4.78 is 14.8. The summed E-state index contributed by atoms with van der Waals surface area (Å²) in [5.74, 6) is -0.848. The monoisotopic (exact) mass is 281 g/mol. The molecule has 4 nitrogen and oxygen atoms in total. The summed E-state index contributed by atoms with van der Waals surface area (Å²) >= 11 is 5.86. The highest BCUT2D eigenvalue weighted by atomic mass is 35.5. The van der Waals surface area contributed by atoms with E-state index in [9.17, 15) is 9.18 Å². The predicted octanol–water partition coefficient (Wildman–Crippen LogP) is 3.14. The summed E-state index contributed by atoms with van der Waals surface area (Å²) in [5.41, 5.74) is 6.62. The molecule has 0 fully saturated rings. The Hall–Kier alpha value is -2.01. The fourth-order valence-corrected chi connectivity index (χ4v) is 1.97. The molecule has 2 rings (SSSR count). The zero-order chi connectivity index (χ0) is 14.0. The van der Waals surface area contributed by atoms with Gasteiger partial charge in [-0.15, -0.1) is 0 Å².